The van der Waals surface area contributed by atoms with Gasteiger partial charge in [0.05, 0.1) is 38.5 Å². The van der Waals surface area contributed by atoms with Gasteiger partial charge < -0.3 is 9.47 Å². The lowest BCUT2D eigenvalue weighted by molar-refractivity contribution is -0.0301. The van der Waals surface area contributed by atoms with Gasteiger partial charge in [0.25, 0.3) is 0 Å². The van der Waals surface area contributed by atoms with Crippen LogP contribution in [-0.4, -0.2) is 74.2 Å². The maximum absolute atomic E-state index is 13.8. The van der Waals surface area contributed by atoms with Crippen LogP contribution in [0.25, 0.3) is 0 Å². The number of halogens is 1. The minimum absolute atomic E-state index is 0.0676. The zero-order chi connectivity index (χ0) is 20.1. The van der Waals surface area contributed by atoms with Crippen LogP contribution >= 0.6 is 11.6 Å². The highest BCUT2D eigenvalue weighted by Crippen LogP contribution is 2.32. The number of hydrogen-bond donors (Lipinski definition) is 0. The van der Waals surface area contributed by atoms with E-state index in [0.717, 1.165) is 37.3 Å². The summed E-state index contributed by atoms with van der Waals surface area (Å²) >= 11 is 6.16. The molecule has 4 rings (SSSR count). The summed E-state index contributed by atoms with van der Waals surface area (Å²) < 4.78 is 11.2. The first-order valence-electron chi connectivity index (χ1n) is 10.2. The van der Waals surface area contributed by atoms with Gasteiger partial charge in [0.1, 0.15) is 0 Å². The van der Waals surface area contributed by atoms with Crippen LogP contribution in [0.15, 0.2) is 54.6 Å². The fraction of sp³-hybridized carbons (Fsp3) is 0.435. The number of carbonyl (C=O) groups excluding carboxylic acids is 1. The molecule has 0 radical (unpaired) electrons. The zero-order valence-electron chi connectivity index (χ0n) is 16.5. The Morgan fingerprint density at radius 3 is 1.93 bits per heavy atom. The maximum atomic E-state index is 13.8. The summed E-state index contributed by atoms with van der Waals surface area (Å²) in [5, 5.41) is 0.701. The zero-order valence-corrected chi connectivity index (χ0v) is 17.3. The highest BCUT2D eigenvalue weighted by Gasteiger charge is 2.39. The molecule has 2 aromatic rings. The van der Waals surface area contributed by atoms with Crippen molar-refractivity contribution in [3.63, 3.8) is 0 Å². The molecule has 0 aromatic heterocycles. The van der Waals surface area contributed by atoms with Crippen LogP contribution < -0.4 is 0 Å². The second kappa shape index (κ2) is 9.83. The van der Waals surface area contributed by atoms with E-state index in [4.69, 9.17) is 21.1 Å². The van der Waals surface area contributed by atoms with Crippen LogP contribution in [0.4, 0.5) is 0 Å². The maximum Gasteiger partial charge on any atom is 0.181 e. The molecule has 2 aliphatic rings. The molecule has 154 valence electrons. The lowest BCUT2D eigenvalue weighted by atomic mass is 9.89. The van der Waals surface area contributed by atoms with Gasteiger partial charge in [0.2, 0.25) is 0 Å². The average molecular weight is 415 g/mol. The van der Waals surface area contributed by atoms with Crippen molar-refractivity contribution in [2.45, 2.75) is 12.1 Å². The Labute approximate surface area is 177 Å². The molecule has 2 aliphatic heterocycles. The van der Waals surface area contributed by atoms with Crippen molar-refractivity contribution < 1.29 is 14.3 Å². The van der Waals surface area contributed by atoms with Gasteiger partial charge in [-0.15, -0.1) is 0 Å². The Morgan fingerprint density at radius 1 is 0.793 bits per heavy atom. The third-order valence-corrected chi connectivity index (χ3v) is 5.97. The number of rotatable bonds is 6. The lowest BCUT2D eigenvalue weighted by Crippen LogP contribution is -2.55. The van der Waals surface area contributed by atoms with Crippen molar-refractivity contribution in [3.8, 4) is 0 Å². The van der Waals surface area contributed by atoms with Crippen molar-refractivity contribution in [3.05, 3.63) is 70.7 Å². The number of benzene rings is 2. The Bertz CT molecular complexity index is 788. The molecule has 0 spiro atoms. The second-order valence-electron chi connectivity index (χ2n) is 7.47. The van der Waals surface area contributed by atoms with E-state index in [-0.39, 0.29) is 17.9 Å². The van der Waals surface area contributed by atoms with Crippen LogP contribution in [0, 0.1) is 0 Å². The van der Waals surface area contributed by atoms with Gasteiger partial charge in [0, 0.05) is 36.8 Å². The van der Waals surface area contributed by atoms with Crippen LogP contribution in [0.2, 0.25) is 5.02 Å². The summed E-state index contributed by atoms with van der Waals surface area (Å²) in [5.41, 5.74) is 1.85. The van der Waals surface area contributed by atoms with Crippen LogP contribution in [-0.2, 0) is 9.47 Å². The van der Waals surface area contributed by atoms with Crippen LogP contribution in [0.3, 0.4) is 0 Å². The summed E-state index contributed by atoms with van der Waals surface area (Å²) in [7, 11) is 0. The molecule has 2 atom stereocenters. The van der Waals surface area contributed by atoms with Gasteiger partial charge in [0.15, 0.2) is 5.78 Å². The molecule has 0 amide bonds. The van der Waals surface area contributed by atoms with Gasteiger partial charge in [-0.25, -0.2) is 0 Å². The first-order valence-corrected chi connectivity index (χ1v) is 10.6. The SMILES string of the molecule is O=C(c1ccccc1)[C@@H]([C@@H](c1ccc(Cl)cc1)N1CCOCC1)N1CCOCC1. The van der Waals surface area contributed by atoms with Gasteiger partial charge in [-0.1, -0.05) is 54.1 Å². The van der Waals surface area contributed by atoms with Crippen molar-refractivity contribution >= 4 is 17.4 Å². The van der Waals surface area contributed by atoms with E-state index >= 15 is 0 Å². The third kappa shape index (κ3) is 4.87. The Morgan fingerprint density at radius 2 is 1.34 bits per heavy atom. The van der Waals surface area contributed by atoms with E-state index in [2.05, 4.69) is 9.80 Å². The second-order valence-corrected chi connectivity index (χ2v) is 7.90. The van der Waals surface area contributed by atoms with Gasteiger partial charge in [-0.05, 0) is 17.7 Å². The molecule has 29 heavy (non-hydrogen) atoms. The summed E-state index contributed by atoms with van der Waals surface area (Å²) in [6, 6.07) is 17.2. The smallest absolute Gasteiger partial charge is 0.181 e. The molecule has 2 aromatic carbocycles. The normalized spacial score (nSPS) is 20.9. The number of ether oxygens (including phenoxy) is 2. The minimum atomic E-state index is -0.291. The first-order chi connectivity index (χ1) is 14.2. The number of carbonyl (C=O) groups is 1. The van der Waals surface area contributed by atoms with Crippen molar-refractivity contribution in [2.24, 2.45) is 0 Å². The van der Waals surface area contributed by atoms with E-state index < -0.39 is 0 Å². The fourth-order valence-corrected chi connectivity index (χ4v) is 4.37. The quantitative estimate of drug-likeness (QED) is 0.678. The predicted octanol–water partition coefficient (Wildman–Crippen LogP) is 3.30. The Balaban J connectivity index is 1.75. The largest absolute Gasteiger partial charge is 0.379 e. The van der Waals surface area contributed by atoms with E-state index in [1.54, 1.807) is 0 Å². The van der Waals surface area contributed by atoms with Crippen LogP contribution in [0.5, 0.6) is 0 Å². The Hall–Kier alpha value is -1.76. The molecule has 0 N–H and O–H groups in total. The first kappa shape index (κ1) is 20.5. The number of Topliss-reactive ketones (excluding diaryl/α,β-unsaturated/α-hetero) is 1. The lowest BCUT2D eigenvalue weighted by Gasteiger charge is -2.44. The van der Waals surface area contributed by atoms with Crippen LogP contribution in [0.1, 0.15) is 22.0 Å². The van der Waals surface area contributed by atoms with Crippen molar-refractivity contribution in [1.29, 1.82) is 0 Å². The number of hydrogen-bond acceptors (Lipinski definition) is 5. The van der Waals surface area contributed by atoms with Gasteiger partial charge in [-0.2, -0.15) is 0 Å². The molecular formula is C23H27ClN2O3. The van der Waals surface area contributed by atoms with Crippen molar-refractivity contribution in [1.82, 2.24) is 9.80 Å². The monoisotopic (exact) mass is 414 g/mol. The van der Waals surface area contributed by atoms with E-state index in [0.29, 0.717) is 31.5 Å². The van der Waals surface area contributed by atoms with Crippen molar-refractivity contribution in [2.75, 3.05) is 52.6 Å². The predicted molar refractivity (Wildman–Crippen MR) is 114 cm³/mol. The molecule has 0 unspecified atom stereocenters. The molecule has 0 saturated carbocycles. The topological polar surface area (TPSA) is 42.0 Å². The Kier molecular flexibility index (Phi) is 6.95. The average Bonchev–Trinajstić information content (AvgIpc) is 2.79. The molecule has 2 fully saturated rings. The third-order valence-electron chi connectivity index (χ3n) is 5.72. The molecule has 2 saturated heterocycles. The van der Waals surface area contributed by atoms with Gasteiger partial charge >= 0.3 is 0 Å². The molecule has 6 heteroatoms. The fourth-order valence-electron chi connectivity index (χ4n) is 4.25. The number of nitrogens with zero attached hydrogens (tertiary/aromatic N) is 2. The standard InChI is InChI=1S/C23H27ClN2O3/c24-20-8-6-18(7-9-20)21(25-10-14-28-15-11-25)22(26-12-16-29-17-13-26)23(27)19-4-2-1-3-5-19/h1-9,21-22H,10-17H2/t21-,22-/m1/s1. The summed E-state index contributed by atoms with van der Waals surface area (Å²) in [6.45, 7) is 5.75. The number of ketones is 1. The van der Waals surface area contributed by atoms with Gasteiger partial charge in [-0.3, -0.25) is 14.6 Å². The molecule has 0 aliphatic carbocycles. The summed E-state index contributed by atoms with van der Waals surface area (Å²) in [6.07, 6.45) is 0. The molecular weight excluding hydrogens is 388 g/mol. The van der Waals surface area contributed by atoms with E-state index in [9.17, 15) is 4.79 Å². The number of morpholine rings is 2. The minimum Gasteiger partial charge on any atom is -0.379 e. The van der Waals surface area contributed by atoms with E-state index in [1.807, 2.05) is 54.6 Å². The van der Waals surface area contributed by atoms with E-state index in [1.165, 1.54) is 0 Å². The summed E-state index contributed by atoms with van der Waals surface area (Å²) in [4.78, 5) is 18.5. The molecule has 2 heterocycles. The molecule has 0 bridgehead atoms. The highest BCUT2D eigenvalue weighted by atomic mass is 35.5. The molecule has 5 nitrogen and oxygen atoms in total. The summed E-state index contributed by atoms with van der Waals surface area (Å²) in [5.74, 6) is 0.152. The highest BCUT2D eigenvalue weighted by molar-refractivity contribution is 6.30.